The van der Waals surface area contributed by atoms with Gasteiger partial charge in [0.25, 0.3) is 0 Å². The van der Waals surface area contributed by atoms with Crippen molar-refractivity contribution in [2.24, 2.45) is 9.98 Å². The third kappa shape index (κ3) is 14.8. The van der Waals surface area contributed by atoms with Gasteiger partial charge in [-0.2, -0.15) is 0 Å². The van der Waals surface area contributed by atoms with E-state index in [9.17, 15) is 28.0 Å². The van der Waals surface area contributed by atoms with Gasteiger partial charge >= 0.3 is 23.9 Å². The molecule has 0 radical (unpaired) electrons. The molecule has 4 atom stereocenters. The van der Waals surface area contributed by atoms with E-state index in [1.54, 1.807) is 32.3 Å². The number of thiazole rings is 2. The zero-order valence-corrected chi connectivity index (χ0v) is 43.9. The van der Waals surface area contributed by atoms with Gasteiger partial charge in [-0.25, -0.2) is 37.9 Å². The number of esters is 2. The molecule has 4 aliphatic heterocycles. The number of benzene rings is 2. The first-order chi connectivity index (χ1) is 35.7. The van der Waals surface area contributed by atoms with Crippen molar-refractivity contribution >= 4 is 85.8 Å². The van der Waals surface area contributed by atoms with Gasteiger partial charge in [0.1, 0.15) is 36.9 Å². The number of amidine groups is 2. The van der Waals surface area contributed by atoms with E-state index in [-0.39, 0.29) is 62.2 Å². The standard InChI is InChI=1S/C24H26BrFN4O6S.C24H26ClFN4O6S/c2*1-2-36-24(33)20-18(10-30-6-7-34-11-15(30)12-35-13-19(31)32)28-22(23-27-5-8-37-23)29-21(20)16-4-3-14(26)9-17(16)25/h2*3-5,8-9,15,21H,2,6-7,10-13H2,1H3,(H,28,29)(H,31,32). The lowest BCUT2D eigenvalue weighted by Gasteiger charge is -2.37. The highest BCUT2D eigenvalue weighted by Crippen LogP contribution is 2.39. The molecule has 2 saturated heterocycles. The quantitative estimate of drug-likeness (QED) is 0.0810. The predicted octanol–water partition coefficient (Wildman–Crippen LogP) is 5.40. The summed E-state index contributed by atoms with van der Waals surface area (Å²) in [7, 11) is 0. The molecule has 8 rings (SSSR count). The number of ether oxygens (including phenoxy) is 6. The molecular formula is C48H52BrClF2N8O12S2. The van der Waals surface area contributed by atoms with Gasteiger partial charge in [-0.3, -0.25) is 19.8 Å². The number of aliphatic imine (C=N–C) groups is 2. The van der Waals surface area contributed by atoms with Crippen molar-refractivity contribution in [1.82, 2.24) is 30.4 Å². The van der Waals surface area contributed by atoms with Crippen LogP contribution in [0.15, 0.2) is 96.5 Å². The summed E-state index contributed by atoms with van der Waals surface area (Å²) in [6.07, 6.45) is 3.31. The topological polar surface area (TPSA) is 245 Å². The fourth-order valence-electron chi connectivity index (χ4n) is 8.21. The van der Waals surface area contributed by atoms with E-state index in [1.807, 2.05) is 15.7 Å². The first-order valence-corrected chi connectivity index (χ1v) is 26.1. The Morgan fingerprint density at radius 3 is 1.62 bits per heavy atom. The molecule has 4 aromatic rings. The molecule has 2 aromatic carbocycles. The summed E-state index contributed by atoms with van der Waals surface area (Å²) >= 11 is 12.6. The minimum atomic E-state index is -1.06. The molecule has 20 nitrogen and oxygen atoms in total. The van der Waals surface area contributed by atoms with Gasteiger partial charge in [0, 0.05) is 75.8 Å². The van der Waals surface area contributed by atoms with Gasteiger partial charge in [-0.05, 0) is 43.7 Å². The Kier molecular flexibility index (Phi) is 20.7. The number of aliphatic carboxylic acids is 2. The van der Waals surface area contributed by atoms with Gasteiger partial charge < -0.3 is 49.3 Å². The monoisotopic (exact) mass is 1150 g/mol. The lowest BCUT2D eigenvalue weighted by atomic mass is 9.95. The molecule has 0 saturated carbocycles. The zero-order chi connectivity index (χ0) is 52.7. The molecule has 0 aliphatic carbocycles. The molecule has 26 heteroatoms. The van der Waals surface area contributed by atoms with E-state index in [0.717, 1.165) is 0 Å². The molecule has 0 amide bonds. The number of morpholine rings is 2. The number of rotatable bonds is 20. The van der Waals surface area contributed by atoms with E-state index in [0.29, 0.717) is 93.8 Å². The van der Waals surface area contributed by atoms with E-state index < -0.39 is 60.8 Å². The van der Waals surface area contributed by atoms with Crippen LogP contribution in [0.1, 0.15) is 47.1 Å². The third-order valence-corrected chi connectivity index (χ3v) is 14.1. The highest BCUT2D eigenvalue weighted by Gasteiger charge is 2.38. The van der Waals surface area contributed by atoms with Crippen LogP contribution in [0.2, 0.25) is 5.02 Å². The fraction of sp³-hybridized carbons (Fsp3) is 0.417. The molecule has 4 aliphatic rings. The second kappa shape index (κ2) is 27.3. The van der Waals surface area contributed by atoms with Gasteiger partial charge in [-0.15, -0.1) is 22.7 Å². The Bertz CT molecular complexity index is 2570. The number of nitrogens with one attached hydrogen (secondary N) is 2. The van der Waals surface area contributed by atoms with Crippen LogP contribution in [-0.2, 0) is 47.6 Å². The smallest absolute Gasteiger partial charge is 0.338 e. The van der Waals surface area contributed by atoms with Crippen LogP contribution in [0.4, 0.5) is 8.78 Å². The average Bonchev–Trinajstić information content (AvgIpc) is 4.12. The minimum Gasteiger partial charge on any atom is -0.480 e. The van der Waals surface area contributed by atoms with Crippen molar-refractivity contribution in [3.63, 3.8) is 0 Å². The molecule has 0 bridgehead atoms. The van der Waals surface area contributed by atoms with Crippen LogP contribution < -0.4 is 10.6 Å². The third-order valence-electron chi connectivity index (χ3n) is 11.5. The SMILES string of the molecule is CCOC(=O)C1=C(CN2CCOCC2COCC(=O)O)NC(c2nccs2)=NC1c1ccc(F)cc1Br.CCOC(=O)C1=C(CN2CCOCC2COCC(=O)O)NC(c2nccs2)=NC1c1ccc(F)cc1Cl. The Labute approximate surface area is 445 Å². The van der Waals surface area contributed by atoms with E-state index >= 15 is 0 Å². The number of aromatic nitrogens is 2. The molecule has 6 heterocycles. The molecular weight excluding hydrogens is 1100 g/mol. The van der Waals surface area contributed by atoms with Crippen molar-refractivity contribution in [2.45, 2.75) is 38.0 Å². The van der Waals surface area contributed by atoms with E-state index in [2.05, 4.69) is 41.4 Å². The largest absolute Gasteiger partial charge is 0.480 e. The number of carboxylic acids is 2. The lowest BCUT2D eigenvalue weighted by molar-refractivity contribution is -0.144. The predicted molar refractivity (Wildman–Crippen MR) is 271 cm³/mol. The summed E-state index contributed by atoms with van der Waals surface area (Å²) in [5, 5.41) is 29.4. The number of carboxylic acid groups (broad SMARTS) is 2. The Morgan fingerprint density at radius 1 is 0.743 bits per heavy atom. The number of halogens is 4. The number of hydrogen-bond acceptors (Lipinski definition) is 20. The van der Waals surface area contributed by atoms with Crippen molar-refractivity contribution < 1.29 is 66.6 Å². The number of carbonyl (C=O) groups is 4. The summed E-state index contributed by atoms with van der Waals surface area (Å²) in [5.74, 6) is -3.25. The molecule has 2 aromatic heterocycles. The van der Waals surface area contributed by atoms with Crippen LogP contribution in [0, 0.1) is 11.6 Å². The normalized spacial score (nSPS) is 20.4. The molecule has 0 spiro atoms. The van der Waals surface area contributed by atoms with Crippen LogP contribution in [-0.4, -0.2) is 170 Å². The van der Waals surface area contributed by atoms with E-state index in [1.165, 1.54) is 53.0 Å². The van der Waals surface area contributed by atoms with Crippen molar-refractivity contribution in [2.75, 3.05) is 92.2 Å². The molecule has 4 unspecified atom stereocenters. The van der Waals surface area contributed by atoms with Crippen molar-refractivity contribution in [3.05, 3.63) is 124 Å². The summed E-state index contributed by atoms with van der Waals surface area (Å²) < 4.78 is 60.9. The molecule has 396 valence electrons. The maximum absolute atomic E-state index is 13.9. The van der Waals surface area contributed by atoms with Crippen LogP contribution in [0.25, 0.3) is 0 Å². The second-order valence-corrected chi connectivity index (χ2v) is 19.5. The Morgan fingerprint density at radius 2 is 1.20 bits per heavy atom. The molecule has 4 N–H and O–H groups in total. The van der Waals surface area contributed by atoms with Gasteiger partial charge in [0.05, 0.1) is 76.1 Å². The molecule has 2 fully saturated rings. The maximum Gasteiger partial charge on any atom is 0.338 e. The summed E-state index contributed by atoms with van der Waals surface area (Å²) in [6.45, 7) is 6.40. The van der Waals surface area contributed by atoms with Crippen molar-refractivity contribution in [3.8, 4) is 0 Å². The number of hydrogen-bond donors (Lipinski definition) is 4. The maximum atomic E-state index is 13.9. The second-order valence-electron chi connectivity index (χ2n) is 16.5. The van der Waals surface area contributed by atoms with Crippen LogP contribution in [0.3, 0.4) is 0 Å². The Balaban J connectivity index is 0.000000216. The van der Waals surface area contributed by atoms with Crippen molar-refractivity contribution in [1.29, 1.82) is 0 Å². The highest BCUT2D eigenvalue weighted by atomic mass is 79.9. The molecule has 74 heavy (non-hydrogen) atoms. The first kappa shape index (κ1) is 56.1. The number of carbonyl (C=O) groups excluding carboxylic acids is 2. The summed E-state index contributed by atoms with van der Waals surface area (Å²) in [5.41, 5.74) is 2.67. The van der Waals surface area contributed by atoms with Gasteiger partial charge in [-0.1, -0.05) is 39.7 Å². The van der Waals surface area contributed by atoms with Crippen LogP contribution >= 0.6 is 50.2 Å². The lowest BCUT2D eigenvalue weighted by Crippen LogP contribution is -2.51. The Hall–Kier alpha value is -5.61. The average molecular weight is 1150 g/mol. The van der Waals surface area contributed by atoms with Crippen LogP contribution in [0.5, 0.6) is 0 Å². The minimum absolute atomic E-state index is 0.126. The highest BCUT2D eigenvalue weighted by molar-refractivity contribution is 9.10. The first-order valence-electron chi connectivity index (χ1n) is 23.2. The summed E-state index contributed by atoms with van der Waals surface area (Å²) in [6, 6.07) is 6.05. The summed E-state index contributed by atoms with van der Waals surface area (Å²) in [4.78, 5) is 70.8. The zero-order valence-electron chi connectivity index (χ0n) is 40.0. The van der Waals surface area contributed by atoms with Gasteiger partial charge in [0.2, 0.25) is 0 Å². The number of nitrogens with zero attached hydrogens (tertiary/aromatic N) is 6. The van der Waals surface area contributed by atoms with E-state index in [4.69, 9.17) is 60.2 Å². The fourth-order valence-corrected chi connectivity index (χ4v) is 10.2. The van der Waals surface area contributed by atoms with Gasteiger partial charge in [0.15, 0.2) is 21.7 Å².